The Bertz CT molecular complexity index is 417. The van der Waals surface area contributed by atoms with Crippen LogP contribution in [0.4, 0.5) is 0 Å². The predicted octanol–water partition coefficient (Wildman–Crippen LogP) is 0.432. The molecule has 1 aromatic carbocycles. The van der Waals surface area contributed by atoms with E-state index in [1.807, 2.05) is 6.07 Å². The van der Waals surface area contributed by atoms with Gasteiger partial charge < -0.3 is 14.3 Å². The summed E-state index contributed by atoms with van der Waals surface area (Å²) < 4.78 is 5.26. The van der Waals surface area contributed by atoms with Crippen molar-refractivity contribution in [3.63, 3.8) is 0 Å². The number of ether oxygens (including phenoxy) is 1. The fourth-order valence-electron chi connectivity index (χ4n) is 1.88. The van der Waals surface area contributed by atoms with E-state index in [1.165, 1.54) is 0 Å². The molecule has 1 radical (unpaired) electrons. The number of carbonyl (C=O) groups excluding carboxylic acids is 2. The second-order valence-corrected chi connectivity index (χ2v) is 3.97. The van der Waals surface area contributed by atoms with Gasteiger partial charge in [-0.1, -0.05) is 0 Å². The number of hydrogen-bond donors (Lipinski definition) is 0. The Kier molecular flexibility index (Phi) is 6.86. The molecule has 5 heteroatoms. The van der Waals surface area contributed by atoms with Gasteiger partial charge in [0.1, 0.15) is 0 Å². The minimum absolute atomic E-state index is 0. The molecule has 1 heterocycles. The van der Waals surface area contributed by atoms with Crippen LogP contribution in [-0.4, -0.2) is 43.8 Å². The maximum Gasteiger partial charge on any atom is 0.0594 e. The predicted molar refractivity (Wildman–Crippen MR) is 62.1 cm³/mol. The Labute approximate surface area is 132 Å². The summed E-state index contributed by atoms with van der Waals surface area (Å²) in [6.45, 7) is 4.03. The molecule has 0 aliphatic carbocycles. The van der Waals surface area contributed by atoms with E-state index in [1.54, 1.807) is 24.7 Å². The number of benzene rings is 1. The molecule has 0 atom stereocenters. The van der Waals surface area contributed by atoms with Crippen LogP contribution >= 0.6 is 0 Å². The van der Waals surface area contributed by atoms with Crippen LogP contribution in [-0.2, 0) is 53.6 Å². The van der Waals surface area contributed by atoms with E-state index in [2.05, 4.69) is 4.90 Å². The molecule has 0 amide bonds. The number of morpholine rings is 1. The van der Waals surface area contributed by atoms with Crippen molar-refractivity contribution in [2.45, 2.75) is 6.54 Å². The van der Waals surface area contributed by atoms with Gasteiger partial charge in [0.05, 0.1) is 13.2 Å². The van der Waals surface area contributed by atoms with E-state index in [0.29, 0.717) is 0 Å². The quantitative estimate of drug-likeness (QED) is 0.755. The number of hydrogen-bond acceptors (Lipinski definition) is 4. The van der Waals surface area contributed by atoms with Crippen LogP contribution in [0, 0.1) is 0 Å². The molecule has 1 fully saturated rings. The molecule has 93 valence electrons. The molecular weight excluding hydrogens is 307 g/mol. The molecule has 18 heavy (non-hydrogen) atoms. The first-order chi connectivity index (χ1) is 8.33. The standard InChI is InChI=1S/C13H13NO3.Y/c15-9-12-2-1-11(7-13(12)10-16)8-14-3-5-17-6-4-14;/h1-2,7H,3-6,8H2;/q-2;. The molecule has 1 saturated heterocycles. The average molecular weight is 320 g/mol. The van der Waals surface area contributed by atoms with Crippen molar-refractivity contribution in [2.75, 3.05) is 26.3 Å². The topological polar surface area (TPSA) is 46.6 Å². The smallest absolute Gasteiger partial charge is 0.0594 e. The Hall–Kier alpha value is -0.416. The minimum atomic E-state index is 0. The first-order valence-corrected chi connectivity index (χ1v) is 5.53. The van der Waals surface area contributed by atoms with Crippen molar-refractivity contribution < 1.29 is 47.0 Å². The third-order valence-electron chi connectivity index (χ3n) is 2.81. The summed E-state index contributed by atoms with van der Waals surface area (Å²) in [6, 6.07) is 5.16. The molecule has 2 rings (SSSR count). The van der Waals surface area contributed by atoms with E-state index < -0.39 is 0 Å². The van der Waals surface area contributed by atoms with E-state index in [9.17, 15) is 9.59 Å². The first kappa shape index (κ1) is 15.6. The van der Waals surface area contributed by atoms with Gasteiger partial charge in [0.25, 0.3) is 0 Å². The zero-order chi connectivity index (χ0) is 12.1. The number of nitrogens with zero attached hydrogens (tertiary/aromatic N) is 1. The van der Waals surface area contributed by atoms with Crippen LogP contribution in [0.1, 0.15) is 16.7 Å². The molecule has 0 bridgehead atoms. The van der Waals surface area contributed by atoms with Crippen LogP contribution in [0.5, 0.6) is 0 Å². The number of rotatable bonds is 4. The summed E-state index contributed by atoms with van der Waals surface area (Å²) >= 11 is 0. The Morgan fingerprint density at radius 2 is 1.78 bits per heavy atom. The molecule has 0 spiro atoms. The molecule has 0 saturated carbocycles. The monoisotopic (exact) mass is 320 g/mol. The van der Waals surface area contributed by atoms with Gasteiger partial charge in [0.15, 0.2) is 0 Å². The van der Waals surface area contributed by atoms with Crippen LogP contribution in [0.2, 0.25) is 0 Å². The second kappa shape index (κ2) is 7.90. The third kappa shape index (κ3) is 4.06. The zero-order valence-electron chi connectivity index (χ0n) is 10.0. The summed E-state index contributed by atoms with van der Waals surface area (Å²) in [5.74, 6) is 0. The van der Waals surface area contributed by atoms with E-state index in [4.69, 9.17) is 4.74 Å². The molecule has 1 aliphatic heterocycles. The Morgan fingerprint density at radius 3 is 2.39 bits per heavy atom. The molecular formula is C13H13NO3Y-2. The molecule has 1 aromatic rings. The van der Waals surface area contributed by atoms with Gasteiger partial charge in [-0.2, -0.15) is 0 Å². The normalized spacial score (nSPS) is 15.8. The van der Waals surface area contributed by atoms with Crippen molar-refractivity contribution in [3.05, 3.63) is 34.9 Å². The Morgan fingerprint density at radius 1 is 1.11 bits per heavy atom. The Balaban J connectivity index is 0.00000162. The van der Waals surface area contributed by atoms with Crippen molar-refractivity contribution in [2.24, 2.45) is 0 Å². The van der Waals surface area contributed by atoms with Gasteiger partial charge in [0.2, 0.25) is 0 Å². The largest absolute Gasteiger partial charge is 0.391 e. The SMILES string of the molecule is O=[C-]c1ccc(CN2CCOCC2)cc1[C-]=O.[Y]. The second-order valence-electron chi connectivity index (χ2n) is 3.97. The molecule has 4 nitrogen and oxygen atoms in total. The van der Waals surface area contributed by atoms with Gasteiger partial charge in [-0.25, -0.2) is 12.1 Å². The molecule has 1 aliphatic rings. The van der Waals surface area contributed by atoms with Gasteiger partial charge >= 0.3 is 0 Å². The fraction of sp³-hybridized carbons (Fsp3) is 0.385. The van der Waals surface area contributed by atoms with Crippen LogP contribution in [0.25, 0.3) is 0 Å². The van der Waals surface area contributed by atoms with Crippen molar-refractivity contribution in [1.29, 1.82) is 0 Å². The van der Waals surface area contributed by atoms with E-state index >= 15 is 0 Å². The fourth-order valence-corrected chi connectivity index (χ4v) is 1.88. The maximum atomic E-state index is 10.7. The van der Waals surface area contributed by atoms with Crippen molar-refractivity contribution >= 4 is 12.6 Å². The van der Waals surface area contributed by atoms with Crippen molar-refractivity contribution in [1.82, 2.24) is 4.90 Å². The van der Waals surface area contributed by atoms with E-state index in [-0.39, 0.29) is 43.8 Å². The van der Waals surface area contributed by atoms with Crippen LogP contribution in [0.15, 0.2) is 18.2 Å². The average Bonchev–Trinajstić information content (AvgIpc) is 2.40. The van der Waals surface area contributed by atoms with Gasteiger partial charge in [-0.15, -0.1) is 11.6 Å². The minimum Gasteiger partial charge on any atom is -0.391 e. The van der Waals surface area contributed by atoms with Gasteiger partial charge in [-0.05, 0) is 12.6 Å². The molecule has 0 aromatic heterocycles. The van der Waals surface area contributed by atoms with Crippen LogP contribution < -0.4 is 0 Å². The summed E-state index contributed by atoms with van der Waals surface area (Å²) in [5.41, 5.74) is 1.56. The first-order valence-electron chi connectivity index (χ1n) is 5.53. The summed E-state index contributed by atoms with van der Waals surface area (Å²) in [4.78, 5) is 23.5. The summed E-state index contributed by atoms with van der Waals surface area (Å²) in [5, 5.41) is 0. The summed E-state index contributed by atoms with van der Waals surface area (Å²) in [7, 11) is 0. The van der Waals surface area contributed by atoms with E-state index in [0.717, 1.165) is 38.4 Å². The maximum absolute atomic E-state index is 10.7. The van der Waals surface area contributed by atoms with Crippen LogP contribution in [0.3, 0.4) is 0 Å². The summed E-state index contributed by atoms with van der Waals surface area (Å²) in [6.07, 6.45) is 3.50. The zero-order valence-corrected chi connectivity index (χ0v) is 12.9. The third-order valence-corrected chi connectivity index (χ3v) is 2.81. The van der Waals surface area contributed by atoms with Gasteiger partial charge in [-0.3, -0.25) is 16.0 Å². The molecule has 0 unspecified atom stereocenters. The van der Waals surface area contributed by atoms with Gasteiger partial charge in [0, 0.05) is 52.3 Å². The molecule has 0 N–H and O–H groups in total. The van der Waals surface area contributed by atoms with Crippen molar-refractivity contribution in [3.8, 4) is 0 Å².